The van der Waals surface area contributed by atoms with Crippen molar-refractivity contribution in [1.82, 2.24) is 10.2 Å². The average Bonchev–Trinajstić information content (AvgIpc) is 2.59. The summed E-state index contributed by atoms with van der Waals surface area (Å²) < 4.78 is 0. The Kier molecular flexibility index (Phi) is 4.41. The fourth-order valence-electron chi connectivity index (χ4n) is 5.86. The van der Waals surface area contributed by atoms with Gasteiger partial charge in [0.25, 0.3) is 0 Å². The molecule has 0 aromatic heterocycles. The highest BCUT2D eigenvalue weighted by Gasteiger charge is 2.51. The van der Waals surface area contributed by atoms with E-state index in [1.165, 1.54) is 49.0 Å². The summed E-state index contributed by atoms with van der Waals surface area (Å²) in [5.74, 6) is 2.66. The van der Waals surface area contributed by atoms with Crippen molar-refractivity contribution >= 4 is 17.6 Å². The smallest absolute Gasteiger partial charge is 0.319 e. The van der Waals surface area contributed by atoms with Crippen LogP contribution in [-0.2, 0) is 10.2 Å². The molecule has 0 saturated heterocycles. The molecule has 1 aromatic rings. The Morgan fingerprint density at radius 3 is 2.04 bits per heavy atom. The van der Waals surface area contributed by atoms with E-state index in [1.807, 2.05) is 12.1 Å². The molecular formula is C21H29N3O2. The minimum atomic E-state index is -0.345. The Balaban J connectivity index is 1.38. The highest BCUT2D eigenvalue weighted by Crippen LogP contribution is 2.60. The van der Waals surface area contributed by atoms with Crippen LogP contribution in [0.5, 0.6) is 0 Å². The maximum absolute atomic E-state index is 12.0. The molecule has 4 saturated carbocycles. The van der Waals surface area contributed by atoms with Gasteiger partial charge in [-0.2, -0.15) is 0 Å². The molecular weight excluding hydrogens is 326 g/mol. The first kappa shape index (κ1) is 17.4. The standard InChI is InChI=1S/C21H29N3O2/c1-24(2)19(25)13-22-20(26)23-18-5-3-17(4-6-18)21-10-14-7-15(11-21)9-16(8-14)12-21/h3-6,14-16H,7-13H2,1-2H3,(H2,22,23,26). The van der Waals surface area contributed by atoms with E-state index in [1.54, 1.807) is 14.1 Å². The molecule has 0 spiro atoms. The maximum atomic E-state index is 12.0. The molecule has 4 bridgehead atoms. The van der Waals surface area contributed by atoms with Gasteiger partial charge in [0.2, 0.25) is 5.91 Å². The lowest BCUT2D eigenvalue weighted by atomic mass is 9.48. The lowest BCUT2D eigenvalue weighted by Crippen LogP contribution is -2.48. The van der Waals surface area contributed by atoms with Gasteiger partial charge in [-0.3, -0.25) is 4.79 Å². The monoisotopic (exact) mass is 355 g/mol. The van der Waals surface area contributed by atoms with Crippen LogP contribution in [0.15, 0.2) is 24.3 Å². The number of benzene rings is 1. The van der Waals surface area contributed by atoms with Gasteiger partial charge in [0.15, 0.2) is 0 Å². The Morgan fingerprint density at radius 2 is 1.54 bits per heavy atom. The van der Waals surface area contributed by atoms with Gasteiger partial charge in [-0.15, -0.1) is 0 Å². The second-order valence-electron chi connectivity index (χ2n) is 8.87. The molecule has 140 valence electrons. The lowest BCUT2D eigenvalue weighted by molar-refractivity contribution is -0.127. The van der Waals surface area contributed by atoms with Crippen molar-refractivity contribution in [1.29, 1.82) is 0 Å². The van der Waals surface area contributed by atoms with E-state index in [2.05, 4.69) is 22.8 Å². The summed E-state index contributed by atoms with van der Waals surface area (Å²) in [6.07, 6.45) is 8.39. The number of likely N-dealkylation sites (N-methyl/N-ethyl adjacent to an activating group) is 1. The predicted molar refractivity (Wildman–Crippen MR) is 102 cm³/mol. The van der Waals surface area contributed by atoms with Crippen LogP contribution >= 0.6 is 0 Å². The second-order valence-corrected chi connectivity index (χ2v) is 8.87. The molecule has 0 heterocycles. The summed E-state index contributed by atoms with van der Waals surface area (Å²) >= 11 is 0. The van der Waals surface area contributed by atoms with Gasteiger partial charge in [0.05, 0.1) is 6.54 Å². The highest BCUT2D eigenvalue weighted by atomic mass is 16.2. The first-order chi connectivity index (χ1) is 12.4. The SMILES string of the molecule is CN(C)C(=O)CNC(=O)Nc1ccc(C23CC4CC(CC(C4)C2)C3)cc1. The number of anilines is 1. The van der Waals surface area contributed by atoms with Crippen LogP contribution in [0, 0.1) is 17.8 Å². The normalized spacial score (nSPS) is 31.5. The van der Waals surface area contributed by atoms with Crippen molar-refractivity contribution in [3.63, 3.8) is 0 Å². The Labute approximate surface area is 155 Å². The first-order valence-electron chi connectivity index (χ1n) is 9.79. The fourth-order valence-corrected chi connectivity index (χ4v) is 5.86. The molecule has 5 nitrogen and oxygen atoms in total. The average molecular weight is 355 g/mol. The van der Waals surface area contributed by atoms with Gasteiger partial charge >= 0.3 is 6.03 Å². The molecule has 0 unspecified atom stereocenters. The van der Waals surface area contributed by atoms with Gasteiger partial charge < -0.3 is 15.5 Å². The largest absolute Gasteiger partial charge is 0.347 e. The second kappa shape index (κ2) is 6.60. The quantitative estimate of drug-likeness (QED) is 0.870. The zero-order valence-electron chi connectivity index (χ0n) is 15.8. The number of urea groups is 1. The van der Waals surface area contributed by atoms with Crippen LogP contribution in [0.3, 0.4) is 0 Å². The van der Waals surface area contributed by atoms with Crippen molar-refractivity contribution in [3.05, 3.63) is 29.8 Å². The van der Waals surface area contributed by atoms with Crippen LogP contribution in [0.4, 0.5) is 10.5 Å². The molecule has 1 aromatic carbocycles. The summed E-state index contributed by atoms with van der Waals surface area (Å²) in [6.45, 7) is 0.00416. The van der Waals surface area contributed by atoms with Crippen molar-refractivity contribution in [2.45, 2.75) is 43.9 Å². The zero-order chi connectivity index (χ0) is 18.3. The molecule has 4 aliphatic rings. The van der Waals surface area contributed by atoms with Crippen molar-refractivity contribution in [2.75, 3.05) is 26.0 Å². The third kappa shape index (κ3) is 3.31. The van der Waals surface area contributed by atoms with Crippen molar-refractivity contribution < 1.29 is 9.59 Å². The number of nitrogens with zero attached hydrogens (tertiary/aromatic N) is 1. The third-order valence-electron chi connectivity index (χ3n) is 6.69. The van der Waals surface area contributed by atoms with E-state index in [0.29, 0.717) is 5.41 Å². The van der Waals surface area contributed by atoms with Crippen LogP contribution < -0.4 is 10.6 Å². The predicted octanol–water partition coefficient (Wildman–Crippen LogP) is 3.36. The molecule has 26 heavy (non-hydrogen) atoms. The van der Waals surface area contributed by atoms with E-state index in [4.69, 9.17) is 0 Å². The van der Waals surface area contributed by atoms with E-state index in [0.717, 1.165) is 23.4 Å². The van der Waals surface area contributed by atoms with Gasteiger partial charge in [-0.05, 0) is 79.4 Å². The van der Waals surface area contributed by atoms with E-state index >= 15 is 0 Å². The topological polar surface area (TPSA) is 61.4 Å². The molecule has 4 fully saturated rings. The molecule has 5 heteroatoms. The number of rotatable bonds is 4. The fraction of sp³-hybridized carbons (Fsp3) is 0.619. The molecule has 0 radical (unpaired) electrons. The number of hydrogen-bond acceptors (Lipinski definition) is 2. The third-order valence-corrected chi connectivity index (χ3v) is 6.69. The first-order valence-corrected chi connectivity index (χ1v) is 9.79. The Bertz CT molecular complexity index is 660. The summed E-state index contributed by atoms with van der Waals surface area (Å²) in [7, 11) is 3.34. The van der Waals surface area contributed by atoms with Gasteiger partial charge in [0, 0.05) is 19.8 Å². The lowest BCUT2D eigenvalue weighted by Gasteiger charge is -2.57. The summed E-state index contributed by atoms with van der Waals surface area (Å²) in [5, 5.41) is 5.41. The number of carbonyl (C=O) groups is 2. The molecule has 0 aliphatic heterocycles. The van der Waals surface area contributed by atoms with Gasteiger partial charge in [0.1, 0.15) is 0 Å². The number of amides is 3. The zero-order valence-corrected chi connectivity index (χ0v) is 15.8. The van der Waals surface area contributed by atoms with Crippen LogP contribution in [0.2, 0.25) is 0 Å². The highest BCUT2D eigenvalue weighted by molar-refractivity contribution is 5.92. The van der Waals surface area contributed by atoms with Crippen LogP contribution in [0.25, 0.3) is 0 Å². The van der Waals surface area contributed by atoms with Crippen LogP contribution in [-0.4, -0.2) is 37.5 Å². The number of nitrogens with one attached hydrogen (secondary N) is 2. The molecule has 3 amide bonds. The number of hydrogen-bond donors (Lipinski definition) is 2. The molecule has 2 N–H and O–H groups in total. The number of carbonyl (C=O) groups excluding carboxylic acids is 2. The minimum absolute atomic E-state index is 0.00416. The summed E-state index contributed by atoms with van der Waals surface area (Å²) in [5.41, 5.74) is 2.60. The molecule has 0 atom stereocenters. The molecule has 4 aliphatic carbocycles. The van der Waals surface area contributed by atoms with E-state index in [9.17, 15) is 9.59 Å². The van der Waals surface area contributed by atoms with Gasteiger partial charge in [-0.1, -0.05) is 12.1 Å². The molecule has 5 rings (SSSR count). The van der Waals surface area contributed by atoms with Crippen LogP contribution in [0.1, 0.15) is 44.1 Å². The van der Waals surface area contributed by atoms with E-state index < -0.39 is 0 Å². The van der Waals surface area contributed by atoms with Crippen molar-refractivity contribution in [3.8, 4) is 0 Å². The van der Waals surface area contributed by atoms with E-state index in [-0.39, 0.29) is 18.5 Å². The summed E-state index contributed by atoms with van der Waals surface area (Å²) in [4.78, 5) is 24.9. The van der Waals surface area contributed by atoms with Crippen molar-refractivity contribution in [2.24, 2.45) is 17.8 Å². The Morgan fingerprint density at radius 1 is 1.00 bits per heavy atom. The maximum Gasteiger partial charge on any atom is 0.319 e. The minimum Gasteiger partial charge on any atom is -0.347 e. The Hall–Kier alpha value is -2.04. The van der Waals surface area contributed by atoms with Gasteiger partial charge in [-0.25, -0.2) is 4.79 Å². The summed E-state index contributed by atoms with van der Waals surface area (Å²) in [6, 6.07) is 8.06.